The zero-order valence-electron chi connectivity index (χ0n) is 13.4. The first-order chi connectivity index (χ1) is 12.0. The van der Waals surface area contributed by atoms with Crippen LogP contribution in [0.25, 0.3) is 0 Å². The molecule has 2 aromatic heterocycles. The van der Waals surface area contributed by atoms with Gasteiger partial charge in [0.25, 0.3) is 0 Å². The van der Waals surface area contributed by atoms with Crippen molar-refractivity contribution < 1.29 is 13.2 Å². The second-order valence-corrected chi connectivity index (χ2v) is 9.61. The summed E-state index contributed by atoms with van der Waals surface area (Å²) in [5.74, 6) is 0.454. The van der Waals surface area contributed by atoms with Crippen LogP contribution in [0.3, 0.4) is 0 Å². The molecule has 0 atom stereocenters. The second kappa shape index (κ2) is 7.88. The largest absolute Gasteiger partial charge is 0.497 e. The summed E-state index contributed by atoms with van der Waals surface area (Å²) < 4.78 is 33.1. The lowest BCUT2D eigenvalue weighted by molar-refractivity contribution is 0.402. The molecule has 25 heavy (non-hydrogen) atoms. The standard InChI is InChI=1S/C17H16ClNO3S3/c1-22-13-6-7-16(18)17(10-13)25(20,21)19(11-14-4-2-8-23-14)12-15-5-3-9-24-15/h2-10H,11-12H2,1H3. The number of hydrogen-bond donors (Lipinski definition) is 0. The molecule has 2 heterocycles. The highest BCUT2D eigenvalue weighted by Crippen LogP contribution is 2.31. The molecule has 0 spiro atoms. The van der Waals surface area contributed by atoms with Crippen molar-refractivity contribution in [1.29, 1.82) is 0 Å². The van der Waals surface area contributed by atoms with Gasteiger partial charge in [0.05, 0.1) is 12.1 Å². The lowest BCUT2D eigenvalue weighted by Gasteiger charge is -2.22. The Labute approximate surface area is 160 Å². The minimum Gasteiger partial charge on any atom is -0.497 e. The van der Waals surface area contributed by atoms with Crippen molar-refractivity contribution in [3.05, 3.63) is 68.0 Å². The van der Waals surface area contributed by atoms with Crippen molar-refractivity contribution in [2.24, 2.45) is 0 Å². The van der Waals surface area contributed by atoms with E-state index >= 15 is 0 Å². The SMILES string of the molecule is COc1ccc(Cl)c(S(=O)(=O)N(Cc2cccs2)Cc2cccs2)c1. The molecule has 0 aliphatic carbocycles. The first kappa shape index (κ1) is 18.4. The molecule has 0 radical (unpaired) electrons. The van der Waals surface area contributed by atoms with Crippen LogP contribution in [0.5, 0.6) is 5.75 Å². The molecule has 4 nitrogen and oxygen atoms in total. The Kier molecular flexibility index (Phi) is 5.81. The first-order valence-corrected chi connectivity index (χ1v) is 11.0. The van der Waals surface area contributed by atoms with Crippen LogP contribution in [0.1, 0.15) is 9.75 Å². The van der Waals surface area contributed by atoms with Crippen LogP contribution in [-0.4, -0.2) is 19.8 Å². The Hall–Kier alpha value is -1.38. The predicted octanol–water partition coefficient (Wildman–Crippen LogP) is 4.86. The van der Waals surface area contributed by atoms with Gasteiger partial charge in [-0.05, 0) is 35.0 Å². The van der Waals surface area contributed by atoms with Gasteiger partial charge in [-0.25, -0.2) is 8.42 Å². The number of hydrogen-bond acceptors (Lipinski definition) is 5. The smallest absolute Gasteiger partial charge is 0.245 e. The number of ether oxygens (including phenoxy) is 1. The first-order valence-electron chi connectivity index (χ1n) is 7.39. The maximum Gasteiger partial charge on any atom is 0.245 e. The van der Waals surface area contributed by atoms with Crippen LogP contribution in [0.15, 0.2) is 58.1 Å². The molecule has 0 saturated carbocycles. The van der Waals surface area contributed by atoms with Crippen LogP contribution in [-0.2, 0) is 23.1 Å². The summed E-state index contributed by atoms with van der Waals surface area (Å²) in [6.07, 6.45) is 0. The van der Waals surface area contributed by atoms with E-state index in [0.29, 0.717) is 18.8 Å². The summed E-state index contributed by atoms with van der Waals surface area (Å²) in [7, 11) is -2.29. The van der Waals surface area contributed by atoms with E-state index in [-0.39, 0.29) is 9.92 Å². The van der Waals surface area contributed by atoms with E-state index in [1.165, 1.54) is 40.2 Å². The molecule has 0 bridgehead atoms. The van der Waals surface area contributed by atoms with Gasteiger partial charge in [-0.3, -0.25) is 0 Å². The highest BCUT2D eigenvalue weighted by molar-refractivity contribution is 7.89. The van der Waals surface area contributed by atoms with Gasteiger partial charge in [-0.15, -0.1) is 22.7 Å². The highest BCUT2D eigenvalue weighted by atomic mass is 35.5. The average Bonchev–Trinajstić information content (AvgIpc) is 3.28. The number of nitrogens with zero attached hydrogens (tertiary/aromatic N) is 1. The van der Waals surface area contributed by atoms with E-state index in [9.17, 15) is 8.42 Å². The van der Waals surface area contributed by atoms with Crippen molar-refractivity contribution >= 4 is 44.3 Å². The van der Waals surface area contributed by atoms with Crippen LogP contribution in [0.4, 0.5) is 0 Å². The number of halogens is 1. The van der Waals surface area contributed by atoms with E-state index in [2.05, 4.69) is 0 Å². The molecule has 1 aromatic carbocycles. The Morgan fingerprint density at radius 2 is 1.64 bits per heavy atom. The molecule has 0 saturated heterocycles. The molecular formula is C17H16ClNO3S3. The van der Waals surface area contributed by atoms with Crippen LogP contribution in [0.2, 0.25) is 5.02 Å². The van der Waals surface area contributed by atoms with Crippen molar-refractivity contribution in [3.63, 3.8) is 0 Å². The number of rotatable bonds is 7. The number of methoxy groups -OCH3 is 1. The lowest BCUT2D eigenvalue weighted by Crippen LogP contribution is -2.30. The Morgan fingerprint density at radius 3 is 2.12 bits per heavy atom. The van der Waals surface area contributed by atoms with Crippen LogP contribution < -0.4 is 4.74 Å². The van der Waals surface area contributed by atoms with Gasteiger partial charge in [0, 0.05) is 28.9 Å². The van der Waals surface area contributed by atoms with Gasteiger partial charge in [0.15, 0.2) is 0 Å². The van der Waals surface area contributed by atoms with Crippen LogP contribution >= 0.6 is 34.3 Å². The fraction of sp³-hybridized carbons (Fsp3) is 0.176. The quantitative estimate of drug-likeness (QED) is 0.555. The summed E-state index contributed by atoms with van der Waals surface area (Å²) in [5, 5.41) is 4.05. The summed E-state index contributed by atoms with van der Waals surface area (Å²) in [6.45, 7) is 0.594. The summed E-state index contributed by atoms with van der Waals surface area (Å²) in [4.78, 5) is 2.00. The predicted molar refractivity (Wildman–Crippen MR) is 103 cm³/mol. The summed E-state index contributed by atoms with van der Waals surface area (Å²) >= 11 is 9.24. The monoisotopic (exact) mass is 413 g/mol. The molecule has 0 aliphatic heterocycles. The molecule has 3 aromatic rings. The second-order valence-electron chi connectivity index (χ2n) is 5.23. The van der Waals surface area contributed by atoms with E-state index in [1.54, 1.807) is 12.1 Å². The van der Waals surface area contributed by atoms with Gasteiger partial charge < -0.3 is 4.74 Å². The van der Waals surface area contributed by atoms with E-state index in [0.717, 1.165) is 9.75 Å². The third-order valence-corrected chi connectivity index (χ3v) is 7.58. The van der Waals surface area contributed by atoms with Crippen molar-refractivity contribution in [3.8, 4) is 5.75 Å². The molecule has 0 amide bonds. The maximum atomic E-state index is 13.3. The van der Waals surface area contributed by atoms with Gasteiger partial charge in [-0.2, -0.15) is 4.31 Å². The minimum atomic E-state index is -3.78. The molecule has 8 heteroatoms. The fourth-order valence-electron chi connectivity index (χ4n) is 2.33. The summed E-state index contributed by atoms with van der Waals surface area (Å²) in [6, 6.07) is 12.3. The van der Waals surface area contributed by atoms with Crippen molar-refractivity contribution in [1.82, 2.24) is 4.31 Å². The normalized spacial score (nSPS) is 11.8. The number of thiophene rings is 2. The summed E-state index contributed by atoms with van der Waals surface area (Å²) in [5.41, 5.74) is 0. The Morgan fingerprint density at radius 1 is 1.04 bits per heavy atom. The average molecular weight is 414 g/mol. The lowest BCUT2D eigenvalue weighted by atomic mass is 10.3. The van der Waals surface area contributed by atoms with Gasteiger partial charge in [-0.1, -0.05) is 23.7 Å². The van der Waals surface area contributed by atoms with Crippen molar-refractivity contribution in [2.45, 2.75) is 18.0 Å². The fourth-order valence-corrected chi connectivity index (χ4v) is 5.81. The van der Waals surface area contributed by atoms with E-state index < -0.39 is 10.0 Å². The topological polar surface area (TPSA) is 46.6 Å². The Bertz CT molecular complexity index is 886. The van der Waals surface area contributed by atoms with Gasteiger partial charge >= 0.3 is 0 Å². The minimum absolute atomic E-state index is 0.0571. The molecule has 0 fully saturated rings. The Balaban J connectivity index is 2.01. The number of benzene rings is 1. The van der Waals surface area contributed by atoms with Crippen molar-refractivity contribution in [2.75, 3.05) is 7.11 Å². The van der Waals surface area contributed by atoms with Gasteiger partial charge in [0.1, 0.15) is 10.6 Å². The van der Waals surface area contributed by atoms with E-state index in [4.69, 9.17) is 16.3 Å². The zero-order valence-corrected chi connectivity index (χ0v) is 16.6. The van der Waals surface area contributed by atoms with E-state index in [1.807, 2.05) is 35.0 Å². The third kappa shape index (κ3) is 4.24. The highest BCUT2D eigenvalue weighted by Gasteiger charge is 2.28. The third-order valence-electron chi connectivity index (χ3n) is 3.58. The van der Waals surface area contributed by atoms with Crippen LogP contribution in [0, 0.1) is 0 Å². The maximum absolute atomic E-state index is 13.3. The molecule has 132 valence electrons. The molecule has 0 aliphatic rings. The number of sulfonamides is 1. The molecule has 3 rings (SSSR count). The zero-order chi connectivity index (χ0) is 17.9. The molecular weight excluding hydrogens is 398 g/mol. The molecule has 0 unspecified atom stereocenters. The van der Waals surface area contributed by atoms with Gasteiger partial charge in [0.2, 0.25) is 10.0 Å². The molecule has 0 N–H and O–H groups in total.